The van der Waals surface area contributed by atoms with E-state index in [0.29, 0.717) is 5.92 Å². The lowest BCUT2D eigenvalue weighted by Crippen LogP contribution is -2.57. The Kier molecular flexibility index (Phi) is 4.75. The van der Waals surface area contributed by atoms with Crippen LogP contribution in [0.3, 0.4) is 0 Å². The molecule has 0 spiro atoms. The molecule has 0 aromatic rings. The molecule has 1 heterocycles. The molecule has 0 bridgehead atoms. The Morgan fingerprint density at radius 2 is 1.80 bits per heavy atom. The molecule has 4 heteroatoms. The van der Waals surface area contributed by atoms with E-state index in [9.17, 15) is 4.79 Å². The van der Waals surface area contributed by atoms with Gasteiger partial charge in [-0.25, -0.2) is 0 Å². The molecule has 20 heavy (non-hydrogen) atoms. The number of nitrogens with zero attached hydrogens (tertiary/aromatic N) is 1. The molecule has 2 aliphatic rings. The molecular weight excluding hydrogens is 252 g/mol. The third-order valence-corrected chi connectivity index (χ3v) is 4.76. The highest BCUT2D eigenvalue weighted by atomic mass is 16.6. The number of carbonyl (C=O) groups excluding carboxylic acids is 1. The zero-order valence-electron chi connectivity index (χ0n) is 13.3. The van der Waals surface area contributed by atoms with E-state index in [0.717, 1.165) is 58.2 Å². The van der Waals surface area contributed by atoms with Gasteiger partial charge in [-0.2, -0.15) is 0 Å². The molecule has 4 nitrogen and oxygen atoms in total. The molecule has 0 unspecified atom stereocenters. The fourth-order valence-corrected chi connectivity index (χ4v) is 3.58. The van der Waals surface area contributed by atoms with Gasteiger partial charge in [0, 0.05) is 0 Å². The molecule has 1 saturated carbocycles. The Morgan fingerprint density at radius 1 is 1.25 bits per heavy atom. The maximum absolute atomic E-state index is 12.7. The number of piperidine rings is 1. The Hall–Kier alpha value is -0.610. The largest absolute Gasteiger partial charge is 0.459 e. The van der Waals surface area contributed by atoms with Crippen molar-refractivity contribution in [1.29, 1.82) is 0 Å². The summed E-state index contributed by atoms with van der Waals surface area (Å²) >= 11 is 0. The number of carbonyl (C=O) groups is 1. The predicted octanol–water partition coefficient (Wildman–Crippen LogP) is 2.31. The summed E-state index contributed by atoms with van der Waals surface area (Å²) in [6.07, 6.45) is 6.40. The highest BCUT2D eigenvalue weighted by Gasteiger charge is 2.49. The molecule has 0 aromatic heterocycles. The van der Waals surface area contributed by atoms with Crippen LogP contribution in [-0.4, -0.2) is 41.6 Å². The second-order valence-corrected chi connectivity index (χ2v) is 7.41. The topological polar surface area (TPSA) is 55.6 Å². The van der Waals surface area contributed by atoms with Crippen LogP contribution in [0.2, 0.25) is 0 Å². The summed E-state index contributed by atoms with van der Waals surface area (Å²) in [7, 11) is 0. The predicted molar refractivity (Wildman–Crippen MR) is 80.4 cm³/mol. The van der Waals surface area contributed by atoms with E-state index in [4.69, 9.17) is 10.5 Å². The van der Waals surface area contributed by atoms with Crippen molar-refractivity contribution in [2.75, 3.05) is 19.6 Å². The number of nitrogens with two attached hydrogens (primary N) is 1. The maximum Gasteiger partial charge on any atom is 0.327 e. The van der Waals surface area contributed by atoms with Crippen LogP contribution in [0, 0.1) is 5.92 Å². The molecule has 1 aliphatic carbocycles. The second kappa shape index (κ2) is 6.02. The lowest BCUT2D eigenvalue weighted by molar-refractivity contribution is -0.171. The van der Waals surface area contributed by atoms with Crippen molar-refractivity contribution in [2.45, 2.75) is 70.4 Å². The van der Waals surface area contributed by atoms with Gasteiger partial charge in [-0.1, -0.05) is 12.8 Å². The van der Waals surface area contributed by atoms with Crippen LogP contribution in [0.5, 0.6) is 0 Å². The first-order chi connectivity index (χ1) is 9.37. The first-order valence-electron chi connectivity index (χ1n) is 8.06. The average Bonchev–Trinajstić information content (AvgIpc) is 2.87. The summed E-state index contributed by atoms with van der Waals surface area (Å²) in [6.45, 7) is 8.60. The standard InChI is InChI=1S/C16H30N2O2/c1-15(2,3)20-14(19)16(8-4-5-9-16)18-10-6-13(12-17)7-11-18/h13H,4-12,17H2,1-3H3. The fourth-order valence-electron chi connectivity index (χ4n) is 3.58. The maximum atomic E-state index is 12.7. The third kappa shape index (κ3) is 3.34. The van der Waals surface area contributed by atoms with Gasteiger partial charge in [0.25, 0.3) is 0 Å². The van der Waals surface area contributed by atoms with Gasteiger partial charge in [0.1, 0.15) is 11.1 Å². The monoisotopic (exact) mass is 282 g/mol. The highest BCUT2D eigenvalue weighted by molar-refractivity contribution is 5.81. The zero-order chi connectivity index (χ0) is 14.8. The lowest BCUT2D eigenvalue weighted by Gasteiger charge is -2.44. The molecule has 0 amide bonds. The minimum absolute atomic E-state index is 0.00583. The first kappa shape index (κ1) is 15.8. The molecule has 1 saturated heterocycles. The number of hydrogen-bond acceptors (Lipinski definition) is 4. The van der Waals surface area contributed by atoms with Crippen LogP contribution < -0.4 is 5.73 Å². The first-order valence-corrected chi connectivity index (χ1v) is 8.06. The van der Waals surface area contributed by atoms with E-state index in [1.807, 2.05) is 20.8 Å². The van der Waals surface area contributed by atoms with Crippen LogP contribution in [0.15, 0.2) is 0 Å². The summed E-state index contributed by atoms with van der Waals surface area (Å²) in [6, 6.07) is 0. The Balaban J connectivity index is 2.08. The van der Waals surface area contributed by atoms with Crippen LogP contribution in [0.1, 0.15) is 59.3 Å². The molecule has 0 radical (unpaired) electrons. The van der Waals surface area contributed by atoms with Crippen LogP contribution >= 0.6 is 0 Å². The van der Waals surface area contributed by atoms with Gasteiger partial charge < -0.3 is 10.5 Å². The minimum atomic E-state index is -0.401. The van der Waals surface area contributed by atoms with E-state index in [1.165, 1.54) is 0 Å². The zero-order valence-corrected chi connectivity index (χ0v) is 13.3. The smallest absolute Gasteiger partial charge is 0.327 e. The summed E-state index contributed by atoms with van der Waals surface area (Å²) in [5.41, 5.74) is 5.01. The number of rotatable bonds is 3. The van der Waals surface area contributed by atoms with Gasteiger partial charge in [0.05, 0.1) is 0 Å². The van der Waals surface area contributed by atoms with Crippen LogP contribution in [0.25, 0.3) is 0 Å². The van der Waals surface area contributed by atoms with Gasteiger partial charge in [-0.15, -0.1) is 0 Å². The number of hydrogen-bond donors (Lipinski definition) is 1. The van der Waals surface area contributed by atoms with Crippen LogP contribution in [0.4, 0.5) is 0 Å². The van der Waals surface area contributed by atoms with Crippen molar-refractivity contribution < 1.29 is 9.53 Å². The summed E-state index contributed by atoms with van der Waals surface area (Å²) in [5, 5.41) is 0. The second-order valence-electron chi connectivity index (χ2n) is 7.41. The number of likely N-dealkylation sites (tertiary alicyclic amines) is 1. The Bertz CT molecular complexity index is 335. The molecular formula is C16H30N2O2. The van der Waals surface area contributed by atoms with E-state index >= 15 is 0 Å². The van der Waals surface area contributed by atoms with Crippen molar-refractivity contribution in [3.8, 4) is 0 Å². The Labute approximate surface area is 123 Å². The molecule has 116 valence electrons. The van der Waals surface area contributed by atoms with E-state index in [-0.39, 0.29) is 11.5 Å². The molecule has 0 atom stereocenters. The van der Waals surface area contributed by atoms with E-state index in [1.54, 1.807) is 0 Å². The van der Waals surface area contributed by atoms with Gasteiger partial charge in [-0.05, 0) is 72.0 Å². The number of esters is 1. The molecule has 2 fully saturated rings. The van der Waals surface area contributed by atoms with Crippen molar-refractivity contribution in [3.63, 3.8) is 0 Å². The van der Waals surface area contributed by atoms with Crippen molar-refractivity contribution >= 4 is 5.97 Å². The number of ether oxygens (including phenoxy) is 1. The highest BCUT2D eigenvalue weighted by Crippen LogP contribution is 2.39. The third-order valence-electron chi connectivity index (χ3n) is 4.76. The molecule has 2 rings (SSSR count). The summed E-state index contributed by atoms with van der Waals surface area (Å²) in [5.74, 6) is 0.622. The van der Waals surface area contributed by atoms with Crippen molar-refractivity contribution in [1.82, 2.24) is 4.90 Å². The normalized spacial score (nSPS) is 24.8. The molecule has 2 N–H and O–H groups in total. The summed E-state index contributed by atoms with van der Waals surface area (Å²) in [4.78, 5) is 15.1. The average molecular weight is 282 g/mol. The lowest BCUT2D eigenvalue weighted by atomic mass is 9.88. The van der Waals surface area contributed by atoms with Gasteiger partial charge in [0.15, 0.2) is 0 Å². The van der Waals surface area contributed by atoms with Gasteiger partial charge in [-0.3, -0.25) is 9.69 Å². The van der Waals surface area contributed by atoms with E-state index < -0.39 is 5.60 Å². The van der Waals surface area contributed by atoms with E-state index in [2.05, 4.69) is 4.90 Å². The van der Waals surface area contributed by atoms with Crippen LogP contribution in [-0.2, 0) is 9.53 Å². The van der Waals surface area contributed by atoms with Crippen molar-refractivity contribution in [2.24, 2.45) is 11.7 Å². The fraction of sp³-hybridized carbons (Fsp3) is 0.938. The van der Waals surface area contributed by atoms with Gasteiger partial charge in [0.2, 0.25) is 0 Å². The van der Waals surface area contributed by atoms with Crippen molar-refractivity contribution in [3.05, 3.63) is 0 Å². The SMILES string of the molecule is CC(C)(C)OC(=O)C1(N2CCC(CN)CC2)CCCC1. The molecule has 1 aliphatic heterocycles. The quantitative estimate of drug-likeness (QED) is 0.807. The Morgan fingerprint density at radius 3 is 2.25 bits per heavy atom. The summed E-state index contributed by atoms with van der Waals surface area (Å²) < 4.78 is 5.73. The minimum Gasteiger partial charge on any atom is -0.459 e. The molecule has 0 aromatic carbocycles. The van der Waals surface area contributed by atoms with Gasteiger partial charge >= 0.3 is 5.97 Å².